The molecule has 0 spiro atoms. The minimum atomic E-state index is -1.44. The maximum atomic E-state index is 11.1. The maximum Gasteiger partial charge on any atom is 0.338 e. The number of aliphatic hydroxyl groups excluding tert-OH is 2. The standard InChI is InChI=1S/C9H18O4/c1-5-6(10)7(11)8(12)13-9(2,3)4/h6-7,10-11H,5H2,1-4H3/t6-,7+/m0/s1. The highest BCUT2D eigenvalue weighted by Crippen LogP contribution is 2.10. The van der Waals surface area contributed by atoms with E-state index >= 15 is 0 Å². The minimum Gasteiger partial charge on any atom is -0.458 e. The van der Waals surface area contributed by atoms with Crippen LogP contribution in [0, 0.1) is 0 Å². The lowest BCUT2D eigenvalue weighted by Gasteiger charge is -2.23. The summed E-state index contributed by atoms with van der Waals surface area (Å²) in [5.74, 6) is -0.776. The largest absolute Gasteiger partial charge is 0.458 e. The lowest BCUT2D eigenvalue weighted by molar-refractivity contribution is -0.171. The van der Waals surface area contributed by atoms with Gasteiger partial charge >= 0.3 is 5.97 Å². The normalized spacial score (nSPS) is 16.5. The molecule has 0 aromatic rings. The van der Waals surface area contributed by atoms with Gasteiger partial charge in [0.1, 0.15) is 5.60 Å². The van der Waals surface area contributed by atoms with Crippen LogP contribution < -0.4 is 0 Å². The summed E-state index contributed by atoms with van der Waals surface area (Å²) in [6.07, 6.45) is -2.17. The number of rotatable bonds is 3. The van der Waals surface area contributed by atoms with Crippen LogP contribution in [0.15, 0.2) is 0 Å². The van der Waals surface area contributed by atoms with Crippen LogP contribution in [0.1, 0.15) is 34.1 Å². The van der Waals surface area contributed by atoms with Crippen LogP contribution in [-0.4, -0.2) is 34.0 Å². The predicted octanol–water partition coefficient (Wildman–Crippen LogP) is 0.460. The first-order valence-corrected chi connectivity index (χ1v) is 4.37. The highest BCUT2D eigenvalue weighted by Gasteiger charge is 2.27. The van der Waals surface area contributed by atoms with Gasteiger partial charge in [-0.25, -0.2) is 4.79 Å². The van der Waals surface area contributed by atoms with E-state index < -0.39 is 23.8 Å². The quantitative estimate of drug-likeness (QED) is 0.634. The first-order valence-electron chi connectivity index (χ1n) is 4.37. The summed E-state index contributed by atoms with van der Waals surface area (Å²) >= 11 is 0. The van der Waals surface area contributed by atoms with Crippen molar-refractivity contribution in [3.8, 4) is 0 Å². The van der Waals surface area contributed by atoms with Gasteiger partial charge in [-0.05, 0) is 27.2 Å². The van der Waals surface area contributed by atoms with Gasteiger partial charge in [-0.1, -0.05) is 6.92 Å². The maximum absolute atomic E-state index is 11.1. The Labute approximate surface area is 78.5 Å². The molecule has 0 heterocycles. The van der Waals surface area contributed by atoms with Gasteiger partial charge < -0.3 is 14.9 Å². The number of carbonyl (C=O) groups is 1. The van der Waals surface area contributed by atoms with Gasteiger partial charge in [0.05, 0.1) is 6.10 Å². The van der Waals surface area contributed by atoms with Crippen molar-refractivity contribution in [1.29, 1.82) is 0 Å². The zero-order valence-electron chi connectivity index (χ0n) is 8.57. The number of esters is 1. The Balaban J connectivity index is 4.12. The van der Waals surface area contributed by atoms with Crippen molar-refractivity contribution in [3.05, 3.63) is 0 Å². The summed E-state index contributed by atoms with van der Waals surface area (Å²) in [6.45, 7) is 6.79. The van der Waals surface area contributed by atoms with E-state index in [2.05, 4.69) is 0 Å². The molecule has 0 radical (unpaired) electrons. The second-order valence-corrected chi connectivity index (χ2v) is 3.95. The zero-order chi connectivity index (χ0) is 10.6. The molecule has 0 unspecified atom stereocenters. The molecule has 0 aromatic heterocycles. The summed E-state index contributed by atoms with van der Waals surface area (Å²) in [6, 6.07) is 0. The molecule has 4 heteroatoms. The van der Waals surface area contributed by atoms with Gasteiger partial charge in [0, 0.05) is 0 Å². The van der Waals surface area contributed by atoms with E-state index in [0.717, 1.165) is 0 Å². The summed E-state index contributed by atoms with van der Waals surface area (Å²) in [5, 5.41) is 18.4. The van der Waals surface area contributed by atoms with Crippen LogP contribution >= 0.6 is 0 Å². The number of aliphatic hydroxyl groups is 2. The number of carbonyl (C=O) groups excluding carboxylic acids is 1. The molecule has 0 bridgehead atoms. The van der Waals surface area contributed by atoms with Gasteiger partial charge in [-0.2, -0.15) is 0 Å². The Morgan fingerprint density at radius 2 is 1.85 bits per heavy atom. The van der Waals surface area contributed by atoms with Gasteiger partial charge in [0.15, 0.2) is 6.10 Å². The Hall–Kier alpha value is -0.610. The van der Waals surface area contributed by atoms with Crippen molar-refractivity contribution in [2.75, 3.05) is 0 Å². The average molecular weight is 190 g/mol. The van der Waals surface area contributed by atoms with Gasteiger partial charge in [0.2, 0.25) is 0 Å². The van der Waals surface area contributed by atoms with Crippen LogP contribution in [0.3, 0.4) is 0 Å². The van der Waals surface area contributed by atoms with Crippen molar-refractivity contribution in [2.24, 2.45) is 0 Å². The highest BCUT2D eigenvalue weighted by molar-refractivity contribution is 5.75. The van der Waals surface area contributed by atoms with Crippen molar-refractivity contribution < 1.29 is 19.7 Å². The smallest absolute Gasteiger partial charge is 0.338 e. The molecule has 0 aromatic carbocycles. The van der Waals surface area contributed by atoms with Crippen LogP contribution in [0.4, 0.5) is 0 Å². The summed E-state index contributed by atoms with van der Waals surface area (Å²) < 4.78 is 4.87. The SMILES string of the molecule is CC[C@H](O)[C@@H](O)C(=O)OC(C)(C)C. The minimum absolute atomic E-state index is 0.320. The van der Waals surface area contributed by atoms with Crippen molar-refractivity contribution in [2.45, 2.75) is 51.9 Å². The lowest BCUT2D eigenvalue weighted by Crippen LogP contribution is -2.38. The van der Waals surface area contributed by atoms with E-state index in [9.17, 15) is 9.90 Å². The number of ether oxygens (including phenoxy) is 1. The van der Waals surface area contributed by atoms with Crippen LogP contribution in [0.5, 0.6) is 0 Å². The molecule has 0 aliphatic rings. The molecule has 0 aliphatic heterocycles. The fourth-order valence-electron chi connectivity index (χ4n) is 0.742. The summed E-state index contributed by atoms with van der Waals surface area (Å²) in [7, 11) is 0. The van der Waals surface area contributed by atoms with Crippen LogP contribution in [-0.2, 0) is 9.53 Å². The molecule has 0 aliphatic carbocycles. The summed E-state index contributed by atoms with van der Waals surface area (Å²) in [4.78, 5) is 11.1. The first-order chi connectivity index (χ1) is 5.78. The van der Waals surface area contributed by atoms with E-state index in [1.54, 1.807) is 27.7 Å². The van der Waals surface area contributed by atoms with E-state index in [1.165, 1.54) is 0 Å². The Morgan fingerprint density at radius 1 is 1.38 bits per heavy atom. The molecule has 78 valence electrons. The monoisotopic (exact) mass is 190 g/mol. The third kappa shape index (κ3) is 4.85. The third-order valence-electron chi connectivity index (χ3n) is 1.43. The van der Waals surface area contributed by atoms with E-state index in [4.69, 9.17) is 9.84 Å². The fourth-order valence-corrected chi connectivity index (χ4v) is 0.742. The molecular weight excluding hydrogens is 172 g/mol. The molecule has 0 amide bonds. The topological polar surface area (TPSA) is 66.8 Å². The highest BCUT2D eigenvalue weighted by atomic mass is 16.6. The molecule has 0 fully saturated rings. The Bertz CT molecular complexity index is 171. The number of hydrogen-bond acceptors (Lipinski definition) is 4. The molecular formula is C9H18O4. The van der Waals surface area contributed by atoms with Crippen molar-refractivity contribution in [1.82, 2.24) is 0 Å². The third-order valence-corrected chi connectivity index (χ3v) is 1.43. The Kier molecular flexibility index (Phi) is 4.36. The zero-order valence-corrected chi connectivity index (χ0v) is 8.57. The average Bonchev–Trinajstić information content (AvgIpc) is 1.98. The van der Waals surface area contributed by atoms with Crippen LogP contribution in [0.2, 0.25) is 0 Å². The molecule has 0 saturated carbocycles. The molecule has 0 saturated heterocycles. The lowest BCUT2D eigenvalue weighted by atomic mass is 10.1. The van der Waals surface area contributed by atoms with E-state index in [0.29, 0.717) is 6.42 Å². The van der Waals surface area contributed by atoms with E-state index in [-0.39, 0.29) is 0 Å². The molecule has 0 rings (SSSR count). The first kappa shape index (κ1) is 12.4. The second-order valence-electron chi connectivity index (χ2n) is 3.95. The van der Waals surface area contributed by atoms with Crippen molar-refractivity contribution in [3.63, 3.8) is 0 Å². The molecule has 2 atom stereocenters. The van der Waals surface area contributed by atoms with Crippen molar-refractivity contribution >= 4 is 5.97 Å². The van der Waals surface area contributed by atoms with Crippen LogP contribution in [0.25, 0.3) is 0 Å². The summed E-state index contributed by atoms with van der Waals surface area (Å²) in [5.41, 5.74) is -0.633. The molecule has 2 N–H and O–H groups in total. The molecule has 4 nitrogen and oxygen atoms in total. The van der Waals surface area contributed by atoms with Gasteiger partial charge in [0.25, 0.3) is 0 Å². The Morgan fingerprint density at radius 3 is 2.15 bits per heavy atom. The van der Waals surface area contributed by atoms with Gasteiger partial charge in [-0.3, -0.25) is 0 Å². The number of hydrogen-bond donors (Lipinski definition) is 2. The van der Waals surface area contributed by atoms with Gasteiger partial charge in [-0.15, -0.1) is 0 Å². The second kappa shape index (κ2) is 4.58. The molecule has 13 heavy (non-hydrogen) atoms. The van der Waals surface area contributed by atoms with E-state index in [1.807, 2.05) is 0 Å². The fraction of sp³-hybridized carbons (Fsp3) is 0.889. The predicted molar refractivity (Wildman–Crippen MR) is 48.1 cm³/mol.